The smallest absolute Gasteiger partial charge is 0.657 e. The minimum absolute atomic E-state index is 0. The Bertz CT molecular complexity index is 1610. The molecule has 4 nitrogen and oxygen atoms in total. The van der Waals surface area contributed by atoms with Crippen molar-refractivity contribution in [1.82, 2.24) is 19.9 Å². The first-order chi connectivity index (χ1) is 17.3. The van der Waals surface area contributed by atoms with E-state index in [-0.39, 0.29) is 19.5 Å². The molecule has 0 aromatic carbocycles. The third-order valence-electron chi connectivity index (χ3n) is 8.06. The van der Waals surface area contributed by atoms with Crippen molar-refractivity contribution in [1.29, 1.82) is 0 Å². The van der Waals surface area contributed by atoms with Crippen LogP contribution in [0.1, 0.15) is 99.4 Å². The van der Waals surface area contributed by atoms with Gasteiger partial charge in [0.15, 0.2) is 0 Å². The molecule has 0 unspecified atom stereocenters. The third-order valence-corrected chi connectivity index (χ3v) is 8.06. The standard InChI is InChI=1S/C32H36N4.Zn/c1-9-21-17(5)25-14-30-23(11-3)19(7)27(35-30)16-32-24(12-4)20(8)28(36-32)15-31-22(10-2)18(6)26(34-31)13-29(21)33-25;/h13-16H,9-12H2,1-8H3;/q-2;+2. The summed E-state index contributed by atoms with van der Waals surface area (Å²) in [5, 5.41) is 0. The average molecular weight is 542 g/mol. The zero-order chi connectivity index (χ0) is 25.7. The van der Waals surface area contributed by atoms with Gasteiger partial charge in [0, 0.05) is 0 Å². The topological polar surface area (TPSA) is 54.0 Å². The fraction of sp³-hybridized carbons (Fsp3) is 0.375. The predicted octanol–water partition coefficient (Wildman–Crippen LogP) is 7.99. The maximum Gasteiger partial charge on any atom is 2.00 e. The van der Waals surface area contributed by atoms with Crippen molar-refractivity contribution < 1.29 is 19.5 Å². The van der Waals surface area contributed by atoms with Gasteiger partial charge >= 0.3 is 19.5 Å². The number of rotatable bonds is 4. The number of nitrogens with zero attached hydrogens (tertiary/aromatic N) is 4. The molecule has 5 heterocycles. The van der Waals surface area contributed by atoms with E-state index in [1.54, 1.807) is 0 Å². The van der Waals surface area contributed by atoms with E-state index in [1.807, 2.05) is 0 Å². The average Bonchev–Trinajstić information content (AvgIpc) is 3.51. The van der Waals surface area contributed by atoms with Crippen molar-refractivity contribution >= 4 is 44.4 Å². The number of aromatic nitrogens is 4. The first-order valence-electron chi connectivity index (χ1n) is 13.3. The van der Waals surface area contributed by atoms with E-state index < -0.39 is 0 Å². The summed E-state index contributed by atoms with van der Waals surface area (Å²) < 4.78 is 0. The largest absolute Gasteiger partial charge is 2.00 e. The number of hydrogen-bond donors (Lipinski definition) is 0. The molecule has 0 spiro atoms. The zero-order valence-electron chi connectivity index (χ0n) is 23.6. The second-order valence-corrected chi connectivity index (χ2v) is 9.93. The molecule has 0 saturated carbocycles. The molecule has 2 aliphatic rings. The van der Waals surface area contributed by atoms with Gasteiger partial charge in [-0.15, -0.1) is 22.1 Å². The zero-order valence-corrected chi connectivity index (χ0v) is 26.6. The fourth-order valence-electron chi connectivity index (χ4n) is 5.85. The van der Waals surface area contributed by atoms with Crippen LogP contribution in [0.3, 0.4) is 0 Å². The molecule has 0 amide bonds. The number of hydrogen-bond acceptors (Lipinski definition) is 2. The Morgan fingerprint density at radius 3 is 1.41 bits per heavy atom. The summed E-state index contributed by atoms with van der Waals surface area (Å²) in [5.41, 5.74) is 18.2. The van der Waals surface area contributed by atoms with E-state index in [1.165, 1.54) is 44.5 Å². The summed E-state index contributed by atoms with van der Waals surface area (Å²) in [6.07, 6.45) is 3.74. The Kier molecular flexibility index (Phi) is 7.76. The van der Waals surface area contributed by atoms with Gasteiger partial charge in [0.25, 0.3) is 0 Å². The van der Waals surface area contributed by atoms with Crippen LogP contribution in [-0.4, -0.2) is 9.97 Å². The van der Waals surface area contributed by atoms with E-state index in [0.717, 1.165) is 70.5 Å². The van der Waals surface area contributed by atoms with Gasteiger partial charge in [-0.2, -0.15) is 0 Å². The quantitative estimate of drug-likeness (QED) is 0.314. The van der Waals surface area contributed by atoms with Crippen molar-refractivity contribution in [3.05, 3.63) is 69.3 Å². The molecular weight excluding hydrogens is 506 g/mol. The van der Waals surface area contributed by atoms with Gasteiger partial charge in [-0.3, -0.25) is 0 Å². The molecule has 37 heavy (non-hydrogen) atoms. The van der Waals surface area contributed by atoms with Crippen LogP contribution in [0.4, 0.5) is 0 Å². The summed E-state index contributed by atoms with van der Waals surface area (Å²) in [6, 6.07) is 8.72. The monoisotopic (exact) mass is 540 g/mol. The van der Waals surface area contributed by atoms with Crippen LogP contribution in [0, 0.1) is 13.8 Å². The molecule has 0 aliphatic carbocycles. The van der Waals surface area contributed by atoms with Crippen LogP contribution in [0.5, 0.6) is 0 Å². The Morgan fingerprint density at radius 2 is 0.919 bits per heavy atom. The summed E-state index contributed by atoms with van der Waals surface area (Å²) in [5.74, 6) is 0. The molecule has 2 aliphatic heterocycles. The van der Waals surface area contributed by atoms with E-state index in [9.17, 15) is 0 Å². The summed E-state index contributed by atoms with van der Waals surface area (Å²) >= 11 is 0. The van der Waals surface area contributed by atoms with E-state index in [4.69, 9.17) is 19.9 Å². The Balaban J connectivity index is 0.00000320. The molecule has 0 atom stereocenters. The predicted molar refractivity (Wildman–Crippen MR) is 153 cm³/mol. The van der Waals surface area contributed by atoms with Gasteiger partial charge in [-0.05, 0) is 81.7 Å². The first kappa shape index (κ1) is 27.3. The van der Waals surface area contributed by atoms with E-state index in [2.05, 4.69) is 79.7 Å². The number of fused-ring (bicyclic) bond motifs is 8. The maximum atomic E-state index is 5.11. The Labute approximate surface area is 233 Å². The van der Waals surface area contributed by atoms with Crippen LogP contribution in [0.15, 0.2) is 24.3 Å². The summed E-state index contributed by atoms with van der Waals surface area (Å²) in [6.45, 7) is 17.6. The van der Waals surface area contributed by atoms with E-state index >= 15 is 0 Å². The molecule has 0 fully saturated rings. The van der Waals surface area contributed by atoms with Crippen molar-refractivity contribution in [2.75, 3.05) is 0 Å². The second-order valence-electron chi connectivity index (χ2n) is 9.93. The van der Waals surface area contributed by atoms with E-state index in [0.29, 0.717) is 0 Å². The summed E-state index contributed by atoms with van der Waals surface area (Å²) in [7, 11) is 0. The molecule has 0 radical (unpaired) electrons. The molecular formula is C32H36N4Zn. The van der Waals surface area contributed by atoms with Crippen LogP contribution in [-0.2, 0) is 32.3 Å². The molecule has 3 aromatic rings. The Hall–Kier alpha value is -2.78. The SMILES string of the molecule is CCC1=C(C)c2cc3[n-]c(cc4[n-]c(cc5nc(cc1n2)C(C)=C5CC)c(C)c4CC)c(C)c3CC.[Zn+2]. The van der Waals surface area contributed by atoms with Crippen LogP contribution < -0.4 is 9.97 Å². The molecule has 5 rings (SSSR count). The molecule has 5 heteroatoms. The van der Waals surface area contributed by atoms with Gasteiger partial charge in [-0.25, -0.2) is 9.97 Å². The number of aryl methyl sites for hydroxylation is 4. The van der Waals surface area contributed by atoms with Crippen molar-refractivity contribution in [3.63, 3.8) is 0 Å². The molecule has 0 saturated heterocycles. The maximum absolute atomic E-state index is 5.11. The minimum Gasteiger partial charge on any atom is -0.657 e. The van der Waals surface area contributed by atoms with Crippen LogP contribution >= 0.6 is 0 Å². The van der Waals surface area contributed by atoms with Crippen LogP contribution in [0.25, 0.3) is 44.4 Å². The van der Waals surface area contributed by atoms with Gasteiger partial charge < -0.3 is 9.97 Å². The van der Waals surface area contributed by atoms with Gasteiger partial charge in [0.1, 0.15) is 0 Å². The molecule has 186 valence electrons. The Morgan fingerprint density at radius 1 is 0.514 bits per heavy atom. The molecule has 0 N–H and O–H groups in total. The van der Waals surface area contributed by atoms with Crippen molar-refractivity contribution in [2.24, 2.45) is 0 Å². The minimum atomic E-state index is 0. The third kappa shape index (κ3) is 4.46. The van der Waals surface area contributed by atoms with Gasteiger partial charge in [-0.1, -0.05) is 68.1 Å². The van der Waals surface area contributed by atoms with Crippen LogP contribution in [0.2, 0.25) is 0 Å². The fourth-order valence-corrected chi connectivity index (χ4v) is 5.85. The number of allylic oxidation sites excluding steroid dienone is 4. The molecule has 8 bridgehead atoms. The molecule has 3 aromatic heterocycles. The van der Waals surface area contributed by atoms with Gasteiger partial charge in [0.2, 0.25) is 0 Å². The first-order valence-corrected chi connectivity index (χ1v) is 13.3. The second kappa shape index (κ2) is 10.5. The van der Waals surface area contributed by atoms with Crippen molar-refractivity contribution in [3.8, 4) is 0 Å². The summed E-state index contributed by atoms with van der Waals surface area (Å²) in [4.78, 5) is 20.4. The normalized spacial score (nSPS) is 13.4. The van der Waals surface area contributed by atoms with Gasteiger partial charge in [0.05, 0.1) is 22.8 Å². The van der Waals surface area contributed by atoms with Crippen molar-refractivity contribution in [2.45, 2.75) is 81.1 Å².